The number of amides is 1. The highest BCUT2D eigenvalue weighted by atomic mass is 32.2. The average molecular weight is 572 g/mol. The van der Waals surface area contributed by atoms with Gasteiger partial charge in [-0.05, 0) is 81.0 Å². The van der Waals surface area contributed by atoms with E-state index in [4.69, 9.17) is 0 Å². The first-order valence-corrected chi connectivity index (χ1v) is 14.2. The van der Waals surface area contributed by atoms with Gasteiger partial charge in [-0.1, -0.05) is 12.0 Å². The molecule has 0 radical (unpaired) electrons. The molecule has 0 saturated heterocycles. The van der Waals surface area contributed by atoms with Crippen molar-refractivity contribution in [3.8, 4) is 23.1 Å². The molecule has 1 amide bonds. The van der Waals surface area contributed by atoms with E-state index in [1.807, 2.05) is 19.1 Å². The second-order valence-electron chi connectivity index (χ2n) is 9.53. The molecular weight excluding hydrogens is 545 g/mol. The molecule has 0 aliphatic heterocycles. The number of anilines is 1. The van der Waals surface area contributed by atoms with Crippen molar-refractivity contribution >= 4 is 27.3 Å². The van der Waals surface area contributed by atoms with Gasteiger partial charge >= 0.3 is 0 Å². The second kappa shape index (κ2) is 11.3. The van der Waals surface area contributed by atoms with Crippen LogP contribution in [0.25, 0.3) is 16.9 Å². The van der Waals surface area contributed by atoms with Crippen molar-refractivity contribution < 1.29 is 17.6 Å². The summed E-state index contributed by atoms with van der Waals surface area (Å²) in [4.78, 5) is 23.6. The summed E-state index contributed by atoms with van der Waals surface area (Å²) in [5, 5.41) is 7.06. The number of aromatic nitrogens is 5. The molecule has 5 aromatic rings. The number of hydrogen-bond acceptors (Lipinski definition) is 7. The van der Waals surface area contributed by atoms with Gasteiger partial charge in [0.1, 0.15) is 17.8 Å². The number of fused-ring (bicyclic) bond motifs is 1. The van der Waals surface area contributed by atoms with Gasteiger partial charge in [-0.25, -0.2) is 31.3 Å². The molecule has 2 aromatic carbocycles. The third-order valence-electron chi connectivity index (χ3n) is 6.26. The van der Waals surface area contributed by atoms with Gasteiger partial charge < -0.3 is 10.2 Å². The Hall–Kier alpha value is -4.86. The monoisotopic (exact) mass is 571 g/mol. The summed E-state index contributed by atoms with van der Waals surface area (Å²) in [6.45, 7) is 2.17. The number of aryl methyl sites for hydroxylation is 1. The first-order valence-electron chi connectivity index (χ1n) is 12.6. The minimum Gasteiger partial charge on any atom is -0.321 e. The highest BCUT2D eigenvalue weighted by Gasteiger charge is 2.26. The molecule has 12 heteroatoms. The van der Waals surface area contributed by atoms with Crippen molar-refractivity contribution in [1.29, 1.82) is 0 Å². The molecule has 0 atom stereocenters. The van der Waals surface area contributed by atoms with Gasteiger partial charge in [0, 0.05) is 29.6 Å². The first kappa shape index (κ1) is 27.7. The molecular formula is C29H26FN7O3S. The summed E-state index contributed by atoms with van der Waals surface area (Å²) in [5.41, 5.74) is 3.55. The molecule has 0 saturated carbocycles. The number of nitrogens with one attached hydrogen (secondary N) is 1. The quantitative estimate of drug-likeness (QED) is 0.298. The van der Waals surface area contributed by atoms with Crippen LogP contribution in [0.15, 0.2) is 73.3 Å². The van der Waals surface area contributed by atoms with E-state index in [2.05, 4.69) is 32.2 Å². The van der Waals surface area contributed by atoms with Crippen molar-refractivity contribution in [2.75, 3.05) is 31.7 Å². The third kappa shape index (κ3) is 6.01. The second-order valence-corrected chi connectivity index (χ2v) is 11.5. The molecule has 5 rings (SSSR count). The standard InChI is InChI=1S/C29H26FN7O3S/c1-20-6-12-24(17-22(20)9-13-25-18-31-26-5-4-14-33-37(25)26)34-29(38)27-28(21-7-10-23(30)11-8-21)36(19-32-27)41(39,40)16-15-35(2)3/h4-8,10-12,14,17-19H,15-16H2,1-3H3,(H,34,38). The molecule has 1 N–H and O–H groups in total. The van der Waals surface area contributed by atoms with Crippen LogP contribution in [-0.2, 0) is 10.0 Å². The van der Waals surface area contributed by atoms with E-state index >= 15 is 0 Å². The molecule has 0 fully saturated rings. The Labute approximate surface area is 236 Å². The lowest BCUT2D eigenvalue weighted by Gasteiger charge is -2.14. The number of carbonyl (C=O) groups excluding carboxylic acids is 1. The van der Waals surface area contributed by atoms with Gasteiger partial charge in [0.15, 0.2) is 11.3 Å². The lowest BCUT2D eigenvalue weighted by molar-refractivity contribution is 0.102. The molecule has 3 heterocycles. The van der Waals surface area contributed by atoms with E-state index < -0.39 is 21.7 Å². The molecule has 10 nitrogen and oxygen atoms in total. The fraction of sp³-hybridized carbons (Fsp3) is 0.172. The van der Waals surface area contributed by atoms with Crippen LogP contribution < -0.4 is 5.32 Å². The number of carbonyl (C=O) groups is 1. The van der Waals surface area contributed by atoms with Gasteiger partial charge in [-0.2, -0.15) is 5.10 Å². The molecule has 0 aliphatic rings. The van der Waals surface area contributed by atoms with Crippen LogP contribution in [-0.4, -0.2) is 69.2 Å². The van der Waals surface area contributed by atoms with Crippen molar-refractivity contribution in [3.05, 3.63) is 102 Å². The minimum absolute atomic E-state index is 0.0495. The molecule has 0 bridgehead atoms. The Balaban J connectivity index is 1.47. The van der Waals surface area contributed by atoms with E-state index in [0.717, 1.165) is 15.9 Å². The molecule has 41 heavy (non-hydrogen) atoms. The maximum atomic E-state index is 13.7. The molecule has 0 unspecified atom stereocenters. The minimum atomic E-state index is -3.88. The SMILES string of the molecule is Cc1ccc(NC(=O)c2ncn(S(=O)(=O)CCN(C)C)c2-c2ccc(F)cc2)cc1C#Cc1cnc2cccnn12. The van der Waals surface area contributed by atoms with Crippen LogP contribution in [0.3, 0.4) is 0 Å². The van der Waals surface area contributed by atoms with Gasteiger partial charge in [0.2, 0.25) is 10.0 Å². The maximum absolute atomic E-state index is 13.7. The zero-order chi connectivity index (χ0) is 29.1. The van der Waals surface area contributed by atoms with E-state index in [1.165, 1.54) is 24.3 Å². The van der Waals surface area contributed by atoms with Crippen molar-refractivity contribution in [2.45, 2.75) is 6.92 Å². The van der Waals surface area contributed by atoms with E-state index in [0.29, 0.717) is 28.2 Å². The lowest BCUT2D eigenvalue weighted by atomic mass is 10.1. The Morgan fingerprint density at radius 1 is 1.07 bits per heavy atom. The molecule has 0 spiro atoms. The zero-order valence-corrected chi connectivity index (χ0v) is 23.4. The van der Waals surface area contributed by atoms with Crippen LogP contribution >= 0.6 is 0 Å². The fourth-order valence-corrected chi connectivity index (χ4v) is 5.50. The predicted octanol–water partition coefficient (Wildman–Crippen LogP) is 3.43. The largest absolute Gasteiger partial charge is 0.321 e. The summed E-state index contributed by atoms with van der Waals surface area (Å²) in [5.74, 6) is 4.86. The number of imidazole rings is 2. The van der Waals surface area contributed by atoms with Crippen LogP contribution in [0.4, 0.5) is 10.1 Å². The Morgan fingerprint density at radius 2 is 1.85 bits per heavy atom. The van der Waals surface area contributed by atoms with Gasteiger partial charge in [0.05, 0.1) is 17.6 Å². The lowest BCUT2D eigenvalue weighted by Crippen LogP contribution is -2.26. The average Bonchev–Trinajstić information content (AvgIpc) is 3.58. The van der Waals surface area contributed by atoms with Gasteiger partial charge in [0.25, 0.3) is 5.91 Å². The first-order chi connectivity index (χ1) is 19.6. The van der Waals surface area contributed by atoms with Crippen molar-refractivity contribution in [2.24, 2.45) is 0 Å². The highest BCUT2D eigenvalue weighted by molar-refractivity contribution is 7.90. The highest BCUT2D eigenvalue weighted by Crippen LogP contribution is 2.27. The van der Waals surface area contributed by atoms with E-state index in [-0.39, 0.29) is 23.7 Å². The summed E-state index contributed by atoms with van der Waals surface area (Å²) in [7, 11) is -0.355. The van der Waals surface area contributed by atoms with Crippen LogP contribution in [0.2, 0.25) is 0 Å². The Morgan fingerprint density at radius 3 is 2.61 bits per heavy atom. The number of nitrogens with zero attached hydrogens (tertiary/aromatic N) is 6. The smallest absolute Gasteiger partial charge is 0.276 e. The van der Waals surface area contributed by atoms with Gasteiger partial charge in [-0.15, -0.1) is 0 Å². The molecule has 3 aromatic heterocycles. The zero-order valence-electron chi connectivity index (χ0n) is 22.5. The number of benzene rings is 2. The van der Waals surface area contributed by atoms with Crippen molar-refractivity contribution in [1.82, 2.24) is 28.5 Å². The van der Waals surface area contributed by atoms with E-state index in [1.54, 1.807) is 54.1 Å². The summed E-state index contributed by atoms with van der Waals surface area (Å²) in [6, 6.07) is 14.1. The van der Waals surface area contributed by atoms with Crippen LogP contribution in [0.5, 0.6) is 0 Å². The molecule has 208 valence electrons. The Bertz CT molecular complexity index is 1920. The topological polar surface area (TPSA) is 114 Å². The van der Waals surface area contributed by atoms with Crippen LogP contribution in [0, 0.1) is 24.6 Å². The normalized spacial score (nSPS) is 11.4. The summed E-state index contributed by atoms with van der Waals surface area (Å²) in [6.07, 6.45) is 4.39. The fourth-order valence-electron chi connectivity index (χ4n) is 4.05. The summed E-state index contributed by atoms with van der Waals surface area (Å²) >= 11 is 0. The van der Waals surface area contributed by atoms with E-state index in [9.17, 15) is 17.6 Å². The number of hydrogen-bond donors (Lipinski definition) is 1. The van der Waals surface area contributed by atoms with Crippen LogP contribution in [0.1, 0.15) is 27.3 Å². The number of halogens is 1. The molecule has 0 aliphatic carbocycles. The van der Waals surface area contributed by atoms with Gasteiger partial charge in [-0.3, -0.25) is 4.79 Å². The predicted molar refractivity (Wildman–Crippen MR) is 153 cm³/mol. The Kier molecular flexibility index (Phi) is 7.65. The number of rotatable bonds is 7. The van der Waals surface area contributed by atoms with Crippen molar-refractivity contribution in [3.63, 3.8) is 0 Å². The third-order valence-corrected chi connectivity index (χ3v) is 7.84. The summed E-state index contributed by atoms with van der Waals surface area (Å²) < 4.78 is 42.7. The maximum Gasteiger partial charge on any atom is 0.276 e.